The third-order valence-corrected chi connectivity index (χ3v) is 14.4. The van der Waals surface area contributed by atoms with Crippen LogP contribution in [0.2, 0.25) is 0 Å². The van der Waals surface area contributed by atoms with Gasteiger partial charge in [0.15, 0.2) is 5.79 Å². The number of H-pyrrole nitrogens is 1. The van der Waals surface area contributed by atoms with Crippen molar-refractivity contribution in [1.82, 2.24) is 29.4 Å². The van der Waals surface area contributed by atoms with E-state index in [9.17, 15) is 0 Å². The van der Waals surface area contributed by atoms with E-state index >= 15 is 0 Å². The van der Waals surface area contributed by atoms with Crippen LogP contribution in [0.15, 0.2) is 55.0 Å². The van der Waals surface area contributed by atoms with Gasteiger partial charge in [0.1, 0.15) is 41.2 Å². The number of nitrogens with zero attached hydrogens (tertiary/aromatic N) is 5. The molecular weight excluding hydrogens is 727 g/mol. The van der Waals surface area contributed by atoms with E-state index in [1.807, 2.05) is 18.2 Å². The van der Waals surface area contributed by atoms with Gasteiger partial charge >= 0.3 is 0 Å². The third kappa shape index (κ3) is 7.04. The Morgan fingerprint density at radius 1 is 0.948 bits per heavy atom. The van der Waals surface area contributed by atoms with Crippen molar-refractivity contribution in [2.75, 3.05) is 32.6 Å². The molecule has 11 heteroatoms. The predicted octanol–water partition coefficient (Wildman–Crippen LogP) is 9.00. The first-order chi connectivity index (χ1) is 27.9. The number of hydrogen-bond acceptors (Lipinski definition) is 9. The average Bonchev–Trinajstić information content (AvgIpc) is 3.41. The summed E-state index contributed by atoms with van der Waals surface area (Å²) in [4.78, 5) is 21.2. The number of ether oxygens (including phenoxy) is 4. The van der Waals surface area contributed by atoms with Crippen LogP contribution < -0.4 is 14.8 Å². The van der Waals surface area contributed by atoms with Crippen molar-refractivity contribution in [3.63, 3.8) is 0 Å². The zero-order valence-electron chi connectivity index (χ0n) is 35.3. The Hall–Kier alpha value is -4.19. The lowest BCUT2D eigenvalue weighted by Crippen LogP contribution is -2.50. The quantitative estimate of drug-likeness (QED) is 0.121. The number of rotatable bonds is 13. The van der Waals surface area contributed by atoms with E-state index in [4.69, 9.17) is 28.9 Å². The standard InChI is InChI=1S/C47H61N7O4/c1-46(2,3)31-12-14-37-38(20-31)52-44(51-37)36-22-35(36)29-17-32(18-29)53(24-27-9-8-10-27)25-30-19-39(42-41(30)57-47(4,5)58-42)54-16-15-34-43(49-26-50-45(34)54)48-23-28-11-13-33(55-6)21-40(28)56-7/h11-16,20-21,26-27,29-30,32,35-36,39,41-42H,8-10,17-19,22-25H2,1-7H3,(H,51,52)(H,48,49,50)/t29?,30-,32?,35?,36?,39-,41-,42+/m1/s1. The van der Waals surface area contributed by atoms with Crippen molar-refractivity contribution >= 4 is 27.9 Å². The van der Waals surface area contributed by atoms with E-state index in [1.165, 1.54) is 62.0 Å². The summed E-state index contributed by atoms with van der Waals surface area (Å²) in [5.74, 6) is 6.21. The van der Waals surface area contributed by atoms with Gasteiger partial charge in [0.2, 0.25) is 0 Å². The van der Waals surface area contributed by atoms with Gasteiger partial charge in [-0.25, -0.2) is 15.0 Å². The number of anilines is 1. The van der Waals surface area contributed by atoms with Crippen LogP contribution in [0.3, 0.4) is 0 Å². The number of aromatic amines is 1. The molecule has 6 atom stereocenters. The number of imidazole rings is 1. The summed E-state index contributed by atoms with van der Waals surface area (Å²) in [7, 11) is 3.35. The first kappa shape index (κ1) is 38.0. The molecule has 4 saturated carbocycles. The number of nitrogens with one attached hydrogen (secondary N) is 2. The van der Waals surface area contributed by atoms with Gasteiger partial charge in [-0.3, -0.25) is 4.90 Å². The van der Waals surface area contributed by atoms with Crippen molar-refractivity contribution in [3.05, 3.63) is 71.9 Å². The molecule has 308 valence electrons. The maximum absolute atomic E-state index is 6.80. The molecule has 0 spiro atoms. The second kappa shape index (κ2) is 14.5. The Morgan fingerprint density at radius 3 is 2.53 bits per heavy atom. The molecule has 2 unspecified atom stereocenters. The normalized spacial score (nSPS) is 29.1. The minimum atomic E-state index is -0.624. The fourth-order valence-electron chi connectivity index (χ4n) is 10.7. The van der Waals surface area contributed by atoms with Gasteiger partial charge in [-0.05, 0) is 111 Å². The Bertz CT molecular complexity index is 2280. The molecule has 3 aromatic heterocycles. The molecule has 5 aromatic rings. The molecule has 11 nitrogen and oxygen atoms in total. The fraction of sp³-hybridized carbons (Fsp3) is 0.596. The van der Waals surface area contributed by atoms with Gasteiger partial charge in [-0.2, -0.15) is 0 Å². The first-order valence-corrected chi connectivity index (χ1v) is 21.8. The Labute approximate surface area is 342 Å². The van der Waals surface area contributed by atoms with E-state index in [2.05, 4.69) is 89.8 Å². The lowest BCUT2D eigenvalue weighted by molar-refractivity contribution is -0.161. The minimum Gasteiger partial charge on any atom is -0.497 e. The third-order valence-electron chi connectivity index (χ3n) is 14.4. The van der Waals surface area contributed by atoms with Crippen LogP contribution in [0.5, 0.6) is 11.5 Å². The smallest absolute Gasteiger partial charge is 0.163 e. The second-order valence-electron chi connectivity index (χ2n) is 19.6. The number of benzene rings is 2. The zero-order chi connectivity index (χ0) is 39.9. The van der Waals surface area contributed by atoms with Gasteiger partial charge in [0.05, 0.1) is 42.8 Å². The monoisotopic (exact) mass is 787 g/mol. The highest BCUT2D eigenvalue weighted by molar-refractivity contribution is 5.87. The SMILES string of the molecule is COc1ccc(CNc2ncnc3c2ccn3[C@@H]2C[C@H](CN(CC3CCC3)C3CC(C4CC4c4nc5ccc(C(C)(C)C)cc5[nH]4)C3)[C@H]3OC(C)(C)O[C@H]32)c(OC)c1. The lowest BCUT2D eigenvalue weighted by atomic mass is 9.74. The van der Waals surface area contributed by atoms with Crippen molar-refractivity contribution in [2.45, 2.75) is 128 Å². The fourth-order valence-corrected chi connectivity index (χ4v) is 10.7. The van der Waals surface area contributed by atoms with Crippen LogP contribution in [-0.2, 0) is 21.4 Å². The van der Waals surface area contributed by atoms with E-state index in [-0.39, 0.29) is 23.7 Å². The molecule has 0 radical (unpaired) electrons. The first-order valence-electron chi connectivity index (χ1n) is 21.8. The lowest BCUT2D eigenvalue weighted by Gasteiger charge is -2.47. The maximum atomic E-state index is 6.80. The van der Waals surface area contributed by atoms with Crippen molar-refractivity contribution in [2.24, 2.45) is 23.7 Å². The van der Waals surface area contributed by atoms with Crippen molar-refractivity contribution in [3.8, 4) is 11.5 Å². The molecule has 0 amide bonds. The summed E-state index contributed by atoms with van der Waals surface area (Å²) in [5.41, 5.74) is 5.71. The molecule has 1 saturated heterocycles. The molecule has 10 rings (SSSR count). The van der Waals surface area contributed by atoms with E-state index in [0.717, 1.165) is 70.1 Å². The molecule has 2 N–H and O–H groups in total. The zero-order valence-corrected chi connectivity index (χ0v) is 35.3. The van der Waals surface area contributed by atoms with Gasteiger partial charge < -0.3 is 33.8 Å². The predicted molar refractivity (Wildman–Crippen MR) is 226 cm³/mol. The molecule has 58 heavy (non-hydrogen) atoms. The minimum absolute atomic E-state index is 0.0406. The summed E-state index contributed by atoms with van der Waals surface area (Å²) < 4.78 is 27.0. The second-order valence-corrected chi connectivity index (χ2v) is 19.6. The van der Waals surface area contributed by atoms with Gasteiger partial charge in [-0.1, -0.05) is 33.3 Å². The van der Waals surface area contributed by atoms with Gasteiger partial charge in [-0.15, -0.1) is 0 Å². The van der Waals surface area contributed by atoms with Crippen LogP contribution in [0.4, 0.5) is 5.82 Å². The van der Waals surface area contributed by atoms with E-state index in [1.54, 1.807) is 20.5 Å². The Kier molecular flexibility index (Phi) is 9.52. The molecular formula is C47H61N7O4. The van der Waals surface area contributed by atoms with Crippen LogP contribution in [0, 0.1) is 23.7 Å². The largest absolute Gasteiger partial charge is 0.497 e. The molecule has 4 aliphatic carbocycles. The highest BCUT2D eigenvalue weighted by Gasteiger charge is 2.56. The number of hydrogen-bond donors (Lipinski definition) is 2. The van der Waals surface area contributed by atoms with Crippen LogP contribution in [0.25, 0.3) is 22.1 Å². The number of fused-ring (bicyclic) bond motifs is 3. The summed E-state index contributed by atoms with van der Waals surface area (Å²) in [6, 6.07) is 15.5. The summed E-state index contributed by atoms with van der Waals surface area (Å²) in [5, 5.41) is 4.55. The molecule has 4 heterocycles. The van der Waals surface area contributed by atoms with Gasteiger partial charge in [0, 0.05) is 55.3 Å². The molecule has 0 bridgehead atoms. The van der Waals surface area contributed by atoms with Crippen molar-refractivity contribution < 1.29 is 18.9 Å². The molecule has 5 aliphatic rings. The van der Waals surface area contributed by atoms with Crippen LogP contribution >= 0.6 is 0 Å². The topological polar surface area (TPSA) is 112 Å². The Balaban J connectivity index is 0.834. The summed E-state index contributed by atoms with van der Waals surface area (Å²) in [6.07, 6.45) is 12.8. The molecule has 5 fully saturated rings. The van der Waals surface area contributed by atoms with E-state index in [0.29, 0.717) is 24.4 Å². The average molecular weight is 788 g/mol. The number of methoxy groups -OCH3 is 2. The van der Waals surface area contributed by atoms with Crippen molar-refractivity contribution in [1.29, 1.82) is 0 Å². The van der Waals surface area contributed by atoms with Crippen LogP contribution in [-0.4, -0.2) is 80.7 Å². The maximum Gasteiger partial charge on any atom is 0.163 e. The van der Waals surface area contributed by atoms with E-state index < -0.39 is 5.79 Å². The Morgan fingerprint density at radius 2 is 1.78 bits per heavy atom. The number of aromatic nitrogens is 5. The highest BCUT2D eigenvalue weighted by Crippen LogP contribution is 2.58. The molecule has 2 aromatic carbocycles. The molecule has 1 aliphatic heterocycles. The summed E-state index contributed by atoms with van der Waals surface area (Å²) >= 11 is 0. The van der Waals surface area contributed by atoms with Gasteiger partial charge in [0.25, 0.3) is 0 Å². The summed E-state index contributed by atoms with van der Waals surface area (Å²) in [6.45, 7) is 13.8. The van der Waals surface area contributed by atoms with Crippen LogP contribution in [0.1, 0.15) is 108 Å². The highest BCUT2D eigenvalue weighted by atomic mass is 16.8.